The molecule has 3 rings (SSSR count). The van der Waals surface area contributed by atoms with E-state index in [1.807, 2.05) is 11.3 Å². The van der Waals surface area contributed by atoms with Gasteiger partial charge in [0, 0.05) is 23.3 Å². The Hall–Kier alpha value is -1.13. The van der Waals surface area contributed by atoms with Crippen LogP contribution in [0.5, 0.6) is 0 Å². The molecule has 1 N–H and O–H groups in total. The summed E-state index contributed by atoms with van der Waals surface area (Å²) >= 11 is 1.81. The van der Waals surface area contributed by atoms with Gasteiger partial charge in [-0.3, -0.25) is 0 Å². The molecule has 0 aliphatic heterocycles. The highest BCUT2D eigenvalue weighted by Crippen LogP contribution is 2.41. The van der Waals surface area contributed by atoms with Gasteiger partial charge in [0.2, 0.25) is 0 Å². The van der Waals surface area contributed by atoms with Crippen molar-refractivity contribution < 1.29 is 0 Å². The van der Waals surface area contributed by atoms with Gasteiger partial charge in [0.25, 0.3) is 0 Å². The molecule has 1 unspecified atom stereocenters. The standard InChI is InChI=1S/C17H25N3S/c1-4-8-18-17(14-5-6-14)15-7-9-20(10-15)11-16-19-12(2)13(3)21-16/h7,9-10,14,17-18H,4-6,8,11H2,1-3H3. The molecule has 1 atom stereocenters. The van der Waals surface area contributed by atoms with Crippen molar-refractivity contribution in [2.75, 3.05) is 6.54 Å². The number of aromatic nitrogens is 2. The molecule has 1 aliphatic rings. The zero-order chi connectivity index (χ0) is 14.8. The van der Waals surface area contributed by atoms with Crippen molar-refractivity contribution in [1.29, 1.82) is 0 Å². The van der Waals surface area contributed by atoms with Gasteiger partial charge in [-0.2, -0.15) is 0 Å². The van der Waals surface area contributed by atoms with Crippen LogP contribution in [0.4, 0.5) is 0 Å². The Bertz CT molecular complexity index is 575. The number of hydrogen-bond acceptors (Lipinski definition) is 3. The normalized spacial score (nSPS) is 16.3. The molecule has 2 heterocycles. The molecule has 2 aromatic heterocycles. The van der Waals surface area contributed by atoms with Gasteiger partial charge < -0.3 is 9.88 Å². The Labute approximate surface area is 131 Å². The average Bonchev–Trinajstić information content (AvgIpc) is 3.11. The molecule has 0 bridgehead atoms. The fourth-order valence-electron chi connectivity index (χ4n) is 2.79. The minimum atomic E-state index is 0.547. The number of nitrogens with zero attached hydrogens (tertiary/aromatic N) is 2. The van der Waals surface area contributed by atoms with E-state index in [0.29, 0.717) is 6.04 Å². The number of thiazole rings is 1. The molecule has 1 fully saturated rings. The lowest BCUT2D eigenvalue weighted by atomic mass is 10.1. The number of hydrogen-bond donors (Lipinski definition) is 1. The molecule has 1 saturated carbocycles. The molecule has 0 aromatic carbocycles. The molecule has 21 heavy (non-hydrogen) atoms. The summed E-state index contributed by atoms with van der Waals surface area (Å²) < 4.78 is 2.27. The maximum atomic E-state index is 4.64. The van der Waals surface area contributed by atoms with Crippen molar-refractivity contribution in [1.82, 2.24) is 14.9 Å². The average molecular weight is 303 g/mol. The molecule has 0 radical (unpaired) electrons. The zero-order valence-corrected chi connectivity index (χ0v) is 14.0. The number of aryl methyl sites for hydroxylation is 2. The second-order valence-corrected chi connectivity index (χ2v) is 7.42. The summed E-state index contributed by atoms with van der Waals surface area (Å²) in [5.74, 6) is 0.844. The molecule has 1 aliphatic carbocycles. The Morgan fingerprint density at radius 2 is 2.24 bits per heavy atom. The summed E-state index contributed by atoms with van der Waals surface area (Å²) in [5, 5.41) is 4.92. The van der Waals surface area contributed by atoms with E-state index in [2.05, 4.69) is 54.1 Å². The fraction of sp³-hybridized carbons (Fsp3) is 0.588. The van der Waals surface area contributed by atoms with Gasteiger partial charge in [-0.1, -0.05) is 6.92 Å². The largest absolute Gasteiger partial charge is 0.347 e. The van der Waals surface area contributed by atoms with Crippen LogP contribution in [-0.4, -0.2) is 16.1 Å². The van der Waals surface area contributed by atoms with Crippen molar-refractivity contribution in [3.63, 3.8) is 0 Å². The van der Waals surface area contributed by atoms with E-state index in [0.717, 1.165) is 19.0 Å². The lowest BCUT2D eigenvalue weighted by Crippen LogP contribution is -2.23. The van der Waals surface area contributed by atoms with E-state index >= 15 is 0 Å². The summed E-state index contributed by atoms with van der Waals surface area (Å²) in [6.45, 7) is 8.47. The van der Waals surface area contributed by atoms with Gasteiger partial charge in [0.1, 0.15) is 5.01 Å². The monoisotopic (exact) mass is 303 g/mol. The summed E-state index contributed by atoms with van der Waals surface area (Å²) in [4.78, 5) is 5.97. The van der Waals surface area contributed by atoms with Crippen LogP contribution in [0.3, 0.4) is 0 Å². The third-order valence-electron chi connectivity index (χ3n) is 4.23. The first kappa shape index (κ1) is 14.8. The maximum absolute atomic E-state index is 4.64. The van der Waals surface area contributed by atoms with Crippen LogP contribution >= 0.6 is 11.3 Å². The fourth-order valence-corrected chi connectivity index (χ4v) is 3.73. The zero-order valence-electron chi connectivity index (χ0n) is 13.2. The SMILES string of the molecule is CCCNC(c1ccn(Cc2nc(C)c(C)s2)c1)C1CC1. The summed E-state index contributed by atoms with van der Waals surface area (Å²) in [6, 6.07) is 2.82. The van der Waals surface area contributed by atoms with E-state index < -0.39 is 0 Å². The third kappa shape index (κ3) is 3.55. The highest BCUT2D eigenvalue weighted by atomic mass is 32.1. The summed E-state index contributed by atoms with van der Waals surface area (Å²) in [5.41, 5.74) is 2.61. The molecule has 114 valence electrons. The highest BCUT2D eigenvalue weighted by molar-refractivity contribution is 7.11. The number of rotatable bonds is 7. The first-order valence-electron chi connectivity index (χ1n) is 7.99. The molecule has 3 nitrogen and oxygen atoms in total. The molecule has 0 saturated heterocycles. The van der Waals surface area contributed by atoms with Crippen molar-refractivity contribution >= 4 is 11.3 Å². The quantitative estimate of drug-likeness (QED) is 0.836. The first-order chi connectivity index (χ1) is 10.2. The van der Waals surface area contributed by atoms with E-state index in [9.17, 15) is 0 Å². The van der Waals surface area contributed by atoms with Gasteiger partial charge >= 0.3 is 0 Å². The van der Waals surface area contributed by atoms with Crippen LogP contribution in [0.25, 0.3) is 0 Å². The van der Waals surface area contributed by atoms with Crippen molar-refractivity contribution in [3.05, 3.63) is 39.6 Å². The van der Waals surface area contributed by atoms with E-state index in [1.54, 1.807) is 0 Å². The smallest absolute Gasteiger partial charge is 0.113 e. The first-order valence-corrected chi connectivity index (χ1v) is 8.81. The van der Waals surface area contributed by atoms with Crippen LogP contribution in [-0.2, 0) is 6.54 Å². The Morgan fingerprint density at radius 1 is 1.43 bits per heavy atom. The maximum Gasteiger partial charge on any atom is 0.113 e. The predicted molar refractivity (Wildman–Crippen MR) is 88.9 cm³/mol. The van der Waals surface area contributed by atoms with Gasteiger partial charge in [-0.25, -0.2) is 4.98 Å². The van der Waals surface area contributed by atoms with Gasteiger partial charge in [-0.05, 0) is 57.2 Å². The van der Waals surface area contributed by atoms with Crippen molar-refractivity contribution in [2.24, 2.45) is 5.92 Å². The number of nitrogens with one attached hydrogen (secondary N) is 1. The van der Waals surface area contributed by atoms with Crippen LogP contribution in [0.15, 0.2) is 18.5 Å². The lowest BCUT2D eigenvalue weighted by molar-refractivity contribution is 0.480. The van der Waals surface area contributed by atoms with E-state index in [1.165, 1.54) is 40.4 Å². The summed E-state index contributed by atoms with van der Waals surface area (Å²) in [7, 11) is 0. The molecule has 0 amide bonds. The summed E-state index contributed by atoms with van der Waals surface area (Å²) in [6.07, 6.45) is 8.44. The van der Waals surface area contributed by atoms with Crippen LogP contribution in [0.1, 0.15) is 53.4 Å². The van der Waals surface area contributed by atoms with Crippen LogP contribution in [0, 0.1) is 19.8 Å². The second kappa shape index (κ2) is 6.32. The molecule has 2 aromatic rings. The van der Waals surface area contributed by atoms with E-state index in [4.69, 9.17) is 0 Å². The molecular weight excluding hydrogens is 278 g/mol. The third-order valence-corrected chi connectivity index (χ3v) is 5.29. The van der Waals surface area contributed by atoms with Crippen LogP contribution < -0.4 is 5.32 Å². The van der Waals surface area contributed by atoms with E-state index in [-0.39, 0.29) is 0 Å². The minimum Gasteiger partial charge on any atom is -0.347 e. The molecule has 4 heteroatoms. The van der Waals surface area contributed by atoms with Crippen molar-refractivity contribution in [2.45, 2.75) is 52.6 Å². The lowest BCUT2D eigenvalue weighted by Gasteiger charge is -2.16. The van der Waals surface area contributed by atoms with Gasteiger partial charge in [-0.15, -0.1) is 11.3 Å². The topological polar surface area (TPSA) is 29.9 Å². The highest BCUT2D eigenvalue weighted by Gasteiger charge is 2.32. The minimum absolute atomic E-state index is 0.547. The van der Waals surface area contributed by atoms with Gasteiger partial charge in [0.05, 0.1) is 12.2 Å². The Kier molecular flexibility index (Phi) is 4.45. The molecular formula is C17H25N3S. The van der Waals surface area contributed by atoms with Crippen LogP contribution in [0.2, 0.25) is 0 Å². The predicted octanol–water partition coefficient (Wildman–Crippen LogP) is 4.06. The van der Waals surface area contributed by atoms with Gasteiger partial charge in [0.15, 0.2) is 0 Å². The second-order valence-electron chi connectivity index (χ2n) is 6.14. The Morgan fingerprint density at radius 3 is 2.86 bits per heavy atom. The Balaban J connectivity index is 1.69. The van der Waals surface area contributed by atoms with Crippen molar-refractivity contribution in [3.8, 4) is 0 Å². The molecule has 0 spiro atoms.